The van der Waals surface area contributed by atoms with Gasteiger partial charge in [0.2, 0.25) is 0 Å². The van der Waals surface area contributed by atoms with Gasteiger partial charge >= 0.3 is 0 Å². The summed E-state index contributed by atoms with van der Waals surface area (Å²) in [5.41, 5.74) is 5.79. The summed E-state index contributed by atoms with van der Waals surface area (Å²) in [6.07, 6.45) is 10.3. The van der Waals surface area contributed by atoms with E-state index >= 15 is 0 Å². The lowest BCUT2D eigenvalue weighted by atomic mass is 9.91. The third kappa shape index (κ3) is 4.36. The highest BCUT2D eigenvalue weighted by molar-refractivity contribution is 5.22. The fraction of sp³-hybridized carbons (Fsp3) is 0.600. The number of hydrogen-bond donors (Lipinski definition) is 1. The molecule has 1 rings (SSSR count). The molecule has 1 aliphatic carbocycles. The number of rotatable bonds is 4. The Morgan fingerprint density at radius 1 is 1.38 bits per heavy atom. The molecule has 0 aliphatic heterocycles. The Labute approximate surface area is 99.6 Å². The molecule has 0 fully saturated rings. The van der Waals surface area contributed by atoms with Crippen LogP contribution in [-0.2, 0) is 0 Å². The van der Waals surface area contributed by atoms with E-state index in [9.17, 15) is 0 Å². The summed E-state index contributed by atoms with van der Waals surface area (Å²) in [5.74, 6) is 0. The van der Waals surface area contributed by atoms with Crippen molar-refractivity contribution in [1.82, 2.24) is 0 Å². The first-order valence-electron chi connectivity index (χ1n) is 6.23. The van der Waals surface area contributed by atoms with Gasteiger partial charge in [-0.3, -0.25) is 0 Å². The van der Waals surface area contributed by atoms with Crippen LogP contribution in [0.4, 0.5) is 0 Å². The molecule has 0 radical (unpaired) electrons. The topological polar surface area (TPSA) is 20.2 Å². The minimum atomic E-state index is 0.192. The maximum atomic E-state index is 8.89. The highest BCUT2D eigenvalue weighted by Crippen LogP contribution is 2.26. The Hall–Kier alpha value is -0.820. The Morgan fingerprint density at radius 2 is 2.12 bits per heavy atom. The molecule has 16 heavy (non-hydrogen) atoms. The van der Waals surface area contributed by atoms with Crippen molar-refractivity contribution in [1.29, 1.82) is 0 Å². The van der Waals surface area contributed by atoms with Gasteiger partial charge in [0.15, 0.2) is 0 Å². The molecule has 1 heteroatoms. The van der Waals surface area contributed by atoms with Crippen molar-refractivity contribution in [3.05, 3.63) is 34.4 Å². The minimum absolute atomic E-state index is 0.192. The van der Waals surface area contributed by atoms with E-state index in [1.165, 1.54) is 18.4 Å². The first kappa shape index (κ1) is 13.2. The van der Waals surface area contributed by atoms with Gasteiger partial charge in [0, 0.05) is 0 Å². The third-order valence-corrected chi connectivity index (χ3v) is 3.38. The van der Waals surface area contributed by atoms with E-state index in [2.05, 4.69) is 26.0 Å². The van der Waals surface area contributed by atoms with Crippen molar-refractivity contribution in [2.45, 2.75) is 52.9 Å². The molecular formula is C15H24O. The first-order valence-corrected chi connectivity index (χ1v) is 6.23. The van der Waals surface area contributed by atoms with Crippen LogP contribution < -0.4 is 0 Å². The van der Waals surface area contributed by atoms with Crippen LogP contribution in [0.15, 0.2) is 34.4 Å². The minimum Gasteiger partial charge on any atom is -0.392 e. The summed E-state index contributed by atoms with van der Waals surface area (Å²) in [6, 6.07) is 0. The van der Waals surface area contributed by atoms with Crippen LogP contribution in [0.5, 0.6) is 0 Å². The van der Waals surface area contributed by atoms with Crippen molar-refractivity contribution in [3.8, 4) is 0 Å². The zero-order chi connectivity index (χ0) is 12.0. The van der Waals surface area contributed by atoms with E-state index in [4.69, 9.17) is 5.11 Å². The maximum Gasteiger partial charge on any atom is 0.0639 e. The largest absolute Gasteiger partial charge is 0.392 e. The summed E-state index contributed by atoms with van der Waals surface area (Å²) in [6.45, 7) is 6.65. The Morgan fingerprint density at radius 3 is 2.69 bits per heavy atom. The quantitative estimate of drug-likeness (QED) is 0.706. The van der Waals surface area contributed by atoms with E-state index in [-0.39, 0.29) is 6.61 Å². The average Bonchev–Trinajstić information content (AvgIpc) is 2.29. The zero-order valence-corrected chi connectivity index (χ0v) is 10.8. The van der Waals surface area contributed by atoms with E-state index in [0.29, 0.717) is 0 Å². The average molecular weight is 220 g/mol. The van der Waals surface area contributed by atoms with E-state index in [1.807, 2.05) is 6.92 Å². The SMILES string of the molecule is CC1=CC/C(=C(/C)CC/C=C(\C)CO)CC1. The van der Waals surface area contributed by atoms with Crippen molar-refractivity contribution in [3.63, 3.8) is 0 Å². The predicted octanol–water partition coefficient (Wildman–Crippen LogP) is 4.15. The standard InChI is InChI=1S/C15H24O/c1-12-7-9-15(10-8-12)14(3)6-4-5-13(2)11-16/h5,7,16H,4,6,8-11H2,1-3H3/b13-5+,15-14+. The van der Waals surface area contributed by atoms with Gasteiger partial charge in [-0.2, -0.15) is 0 Å². The molecule has 0 bridgehead atoms. The fourth-order valence-electron chi connectivity index (χ4n) is 2.01. The molecule has 0 unspecified atom stereocenters. The molecule has 90 valence electrons. The van der Waals surface area contributed by atoms with Crippen LogP contribution >= 0.6 is 0 Å². The fourth-order valence-corrected chi connectivity index (χ4v) is 2.01. The van der Waals surface area contributed by atoms with Crippen molar-refractivity contribution >= 4 is 0 Å². The number of allylic oxidation sites excluding steroid dienone is 5. The smallest absolute Gasteiger partial charge is 0.0639 e. The molecule has 0 spiro atoms. The van der Waals surface area contributed by atoms with Gasteiger partial charge in [-0.25, -0.2) is 0 Å². The van der Waals surface area contributed by atoms with Gasteiger partial charge < -0.3 is 5.11 Å². The molecule has 1 nitrogen and oxygen atoms in total. The molecule has 1 aliphatic rings. The predicted molar refractivity (Wildman–Crippen MR) is 70.4 cm³/mol. The van der Waals surface area contributed by atoms with E-state index in [1.54, 1.807) is 11.1 Å². The van der Waals surface area contributed by atoms with Crippen molar-refractivity contribution in [2.24, 2.45) is 0 Å². The van der Waals surface area contributed by atoms with Crippen LogP contribution in [0.25, 0.3) is 0 Å². The molecule has 1 N–H and O–H groups in total. The van der Waals surface area contributed by atoms with Crippen molar-refractivity contribution in [2.75, 3.05) is 6.61 Å². The molecule has 0 heterocycles. The number of aliphatic hydroxyl groups is 1. The lowest BCUT2D eigenvalue weighted by Crippen LogP contribution is -1.96. The second kappa shape index (κ2) is 6.70. The molecule has 0 saturated carbocycles. The number of aliphatic hydroxyl groups excluding tert-OH is 1. The normalized spacial score (nSPS) is 20.8. The molecule has 0 aromatic carbocycles. The van der Waals surface area contributed by atoms with Gasteiger partial charge in [0.25, 0.3) is 0 Å². The molecule has 0 amide bonds. The van der Waals surface area contributed by atoms with Gasteiger partial charge in [-0.1, -0.05) is 34.4 Å². The van der Waals surface area contributed by atoms with Crippen molar-refractivity contribution < 1.29 is 5.11 Å². The van der Waals surface area contributed by atoms with Crippen LogP contribution in [0, 0.1) is 0 Å². The van der Waals surface area contributed by atoms with Crippen LogP contribution in [0.1, 0.15) is 52.9 Å². The second-order valence-corrected chi connectivity index (χ2v) is 4.89. The molecule has 0 atom stereocenters. The van der Waals surface area contributed by atoms with Gasteiger partial charge in [0.05, 0.1) is 6.61 Å². The van der Waals surface area contributed by atoms with E-state index < -0.39 is 0 Å². The monoisotopic (exact) mass is 220 g/mol. The summed E-state index contributed by atoms with van der Waals surface area (Å²) < 4.78 is 0. The molecule has 0 aromatic rings. The Bertz CT molecular complexity index is 318. The Balaban J connectivity index is 2.45. The summed E-state index contributed by atoms with van der Waals surface area (Å²) in [7, 11) is 0. The van der Waals surface area contributed by atoms with Crippen LogP contribution in [0.3, 0.4) is 0 Å². The summed E-state index contributed by atoms with van der Waals surface area (Å²) >= 11 is 0. The first-order chi connectivity index (χ1) is 7.63. The molecule has 0 saturated heterocycles. The van der Waals surface area contributed by atoms with Crippen LogP contribution in [0.2, 0.25) is 0 Å². The highest BCUT2D eigenvalue weighted by Gasteiger charge is 2.07. The highest BCUT2D eigenvalue weighted by atomic mass is 16.3. The zero-order valence-electron chi connectivity index (χ0n) is 10.8. The Kier molecular flexibility index (Phi) is 5.54. The van der Waals surface area contributed by atoms with Gasteiger partial charge in [0.1, 0.15) is 0 Å². The summed E-state index contributed by atoms with van der Waals surface area (Å²) in [4.78, 5) is 0. The van der Waals surface area contributed by atoms with Gasteiger partial charge in [-0.15, -0.1) is 0 Å². The molecule has 0 aromatic heterocycles. The lowest BCUT2D eigenvalue weighted by Gasteiger charge is -2.16. The molecular weight excluding hydrogens is 196 g/mol. The second-order valence-electron chi connectivity index (χ2n) is 4.89. The number of hydrogen-bond acceptors (Lipinski definition) is 1. The van der Waals surface area contributed by atoms with E-state index in [0.717, 1.165) is 24.8 Å². The third-order valence-electron chi connectivity index (χ3n) is 3.38. The maximum absolute atomic E-state index is 8.89. The lowest BCUT2D eigenvalue weighted by molar-refractivity contribution is 0.331. The summed E-state index contributed by atoms with van der Waals surface area (Å²) in [5, 5.41) is 8.89. The van der Waals surface area contributed by atoms with Crippen LogP contribution in [-0.4, -0.2) is 11.7 Å². The van der Waals surface area contributed by atoms with Gasteiger partial charge in [-0.05, 0) is 52.9 Å².